The molecule has 19 heavy (non-hydrogen) atoms. The summed E-state index contributed by atoms with van der Waals surface area (Å²) in [5, 5.41) is 5.53. The molecule has 0 saturated carbocycles. The SMILES string of the molecule is CCCOCCNC(=O)Nc1c(C)cccc1OC. The van der Waals surface area contributed by atoms with Crippen LogP contribution < -0.4 is 15.4 Å². The van der Waals surface area contributed by atoms with Gasteiger partial charge in [0.1, 0.15) is 5.75 Å². The number of nitrogens with one attached hydrogen (secondary N) is 2. The molecule has 0 radical (unpaired) electrons. The van der Waals surface area contributed by atoms with Crippen LogP contribution >= 0.6 is 0 Å². The molecule has 0 aliphatic carbocycles. The Kier molecular flexibility index (Phi) is 6.74. The second kappa shape index (κ2) is 8.37. The molecule has 106 valence electrons. The van der Waals surface area contributed by atoms with Crippen molar-refractivity contribution in [3.63, 3.8) is 0 Å². The Morgan fingerprint density at radius 1 is 1.32 bits per heavy atom. The van der Waals surface area contributed by atoms with E-state index in [-0.39, 0.29) is 6.03 Å². The Hall–Kier alpha value is -1.75. The number of carbonyl (C=O) groups is 1. The van der Waals surface area contributed by atoms with Crippen molar-refractivity contribution in [2.24, 2.45) is 0 Å². The number of urea groups is 1. The second-order valence-corrected chi connectivity index (χ2v) is 4.15. The quantitative estimate of drug-likeness (QED) is 0.746. The third-order valence-electron chi connectivity index (χ3n) is 2.57. The van der Waals surface area contributed by atoms with Crippen LogP contribution in [0.25, 0.3) is 0 Å². The average Bonchev–Trinajstić information content (AvgIpc) is 2.41. The maximum Gasteiger partial charge on any atom is 0.319 e. The van der Waals surface area contributed by atoms with Crippen LogP contribution in [0.1, 0.15) is 18.9 Å². The molecule has 5 nitrogen and oxygen atoms in total. The van der Waals surface area contributed by atoms with Crippen molar-refractivity contribution in [1.29, 1.82) is 0 Å². The summed E-state index contributed by atoms with van der Waals surface area (Å²) in [5.74, 6) is 0.650. The minimum absolute atomic E-state index is 0.257. The van der Waals surface area contributed by atoms with Gasteiger partial charge in [-0.3, -0.25) is 0 Å². The van der Waals surface area contributed by atoms with Gasteiger partial charge in [0.05, 0.1) is 19.4 Å². The molecule has 0 aliphatic heterocycles. The van der Waals surface area contributed by atoms with Crippen molar-refractivity contribution in [3.8, 4) is 5.75 Å². The fourth-order valence-electron chi connectivity index (χ4n) is 1.61. The van der Waals surface area contributed by atoms with E-state index in [0.717, 1.165) is 18.6 Å². The molecule has 2 N–H and O–H groups in total. The molecule has 0 heterocycles. The Morgan fingerprint density at radius 2 is 2.11 bits per heavy atom. The van der Waals surface area contributed by atoms with Gasteiger partial charge in [-0.1, -0.05) is 19.1 Å². The summed E-state index contributed by atoms with van der Waals surface area (Å²) in [6.07, 6.45) is 0.979. The highest BCUT2D eigenvalue weighted by molar-refractivity contribution is 5.91. The van der Waals surface area contributed by atoms with E-state index in [0.29, 0.717) is 24.6 Å². The first-order valence-electron chi connectivity index (χ1n) is 6.45. The van der Waals surface area contributed by atoms with Crippen molar-refractivity contribution >= 4 is 11.7 Å². The van der Waals surface area contributed by atoms with Crippen LogP contribution in [0.2, 0.25) is 0 Å². The maximum absolute atomic E-state index is 11.7. The van der Waals surface area contributed by atoms with E-state index in [1.54, 1.807) is 7.11 Å². The number of carbonyl (C=O) groups excluding carboxylic acids is 1. The van der Waals surface area contributed by atoms with Crippen LogP contribution in [0.4, 0.5) is 10.5 Å². The average molecular weight is 266 g/mol. The zero-order valence-corrected chi connectivity index (χ0v) is 11.8. The fourth-order valence-corrected chi connectivity index (χ4v) is 1.61. The van der Waals surface area contributed by atoms with Gasteiger partial charge in [0.25, 0.3) is 0 Å². The molecule has 0 bridgehead atoms. The topological polar surface area (TPSA) is 59.6 Å². The number of anilines is 1. The molecular weight excluding hydrogens is 244 g/mol. The second-order valence-electron chi connectivity index (χ2n) is 4.15. The Labute approximate surface area is 114 Å². The van der Waals surface area contributed by atoms with Gasteiger partial charge in [-0.25, -0.2) is 4.79 Å². The number of methoxy groups -OCH3 is 1. The minimum atomic E-state index is -0.257. The van der Waals surface area contributed by atoms with Crippen molar-refractivity contribution in [2.45, 2.75) is 20.3 Å². The van der Waals surface area contributed by atoms with Crippen LogP contribution in [0.3, 0.4) is 0 Å². The smallest absolute Gasteiger partial charge is 0.319 e. The van der Waals surface area contributed by atoms with Gasteiger partial charge in [-0.2, -0.15) is 0 Å². The van der Waals surface area contributed by atoms with Crippen LogP contribution in [-0.2, 0) is 4.74 Å². The lowest BCUT2D eigenvalue weighted by molar-refractivity contribution is 0.137. The van der Waals surface area contributed by atoms with E-state index in [2.05, 4.69) is 10.6 Å². The summed E-state index contributed by atoms with van der Waals surface area (Å²) in [6.45, 7) is 5.69. The largest absolute Gasteiger partial charge is 0.495 e. The number of amides is 2. The molecule has 0 atom stereocenters. The molecule has 0 aromatic heterocycles. The highest BCUT2D eigenvalue weighted by Gasteiger charge is 2.09. The van der Waals surface area contributed by atoms with E-state index in [9.17, 15) is 4.79 Å². The van der Waals surface area contributed by atoms with Crippen molar-refractivity contribution < 1.29 is 14.3 Å². The van der Waals surface area contributed by atoms with Crippen LogP contribution in [0.15, 0.2) is 18.2 Å². The van der Waals surface area contributed by atoms with Crippen LogP contribution in [-0.4, -0.2) is 32.9 Å². The Balaban J connectivity index is 2.44. The van der Waals surface area contributed by atoms with E-state index < -0.39 is 0 Å². The predicted molar refractivity (Wildman–Crippen MR) is 75.9 cm³/mol. The summed E-state index contributed by atoms with van der Waals surface area (Å²) in [6, 6.07) is 5.36. The molecule has 0 fully saturated rings. The summed E-state index contributed by atoms with van der Waals surface area (Å²) in [5.41, 5.74) is 1.65. The van der Waals surface area contributed by atoms with Gasteiger partial charge >= 0.3 is 6.03 Å². The van der Waals surface area contributed by atoms with Crippen molar-refractivity contribution in [3.05, 3.63) is 23.8 Å². The molecule has 2 amide bonds. The summed E-state index contributed by atoms with van der Waals surface area (Å²) >= 11 is 0. The number of para-hydroxylation sites is 1. The summed E-state index contributed by atoms with van der Waals surface area (Å²) in [4.78, 5) is 11.7. The molecule has 0 saturated heterocycles. The highest BCUT2D eigenvalue weighted by Crippen LogP contribution is 2.27. The number of ether oxygens (including phenoxy) is 2. The third kappa shape index (κ3) is 5.18. The minimum Gasteiger partial charge on any atom is -0.495 e. The van der Waals surface area contributed by atoms with E-state index >= 15 is 0 Å². The Bertz CT molecular complexity index is 408. The number of hydrogen-bond acceptors (Lipinski definition) is 3. The lowest BCUT2D eigenvalue weighted by Crippen LogP contribution is -2.32. The molecule has 1 rings (SSSR count). The normalized spacial score (nSPS) is 10.1. The van der Waals surface area contributed by atoms with Crippen LogP contribution in [0.5, 0.6) is 5.75 Å². The van der Waals surface area contributed by atoms with Crippen LogP contribution in [0, 0.1) is 6.92 Å². The van der Waals surface area contributed by atoms with E-state index in [4.69, 9.17) is 9.47 Å². The zero-order chi connectivity index (χ0) is 14.1. The number of aryl methyl sites for hydroxylation is 1. The third-order valence-corrected chi connectivity index (χ3v) is 2.57. The molecule has 1 aromatic carbocycles. The molecular formula is C14H22N2O3. The summed E-state index contributed by atoms with van der Waals surface area (Å²) < 4.78 is 10.5. The highest BCUT2D eigenvalue weighted by atomic mass is 16.5. The molecule has 0 aliphatic rings. The summed E-state index contributed by atoms with van der Waals surface area (Å²) in [7, 11) is 1.58. The van der Waals surface area contributed by atoms with Gasteiger partial charge in [-0.15, -0.1) is 0 Å². The lowest BCUT2D eigenvalue weighted by Gasteiger charge is -2.13. The standard InChI is InChI=1S/C14H22N2O3/c1-4-9-19-10-8-15-14(17)16-13-11(2)6-5-7-12(13)18-3/h5-7H,4,8-10H2,1-3H3,(H2,15,16,17). The fraction of sp³-hybridized carbons (Fsp3) is 0.500. The Morgan fingerprint density at radius 3 is 2.79 bits per heavy atom. The van der Waals surface area contributed by atoms with Crippen molar-refractivity contribution in [1.82, 2.24) is 5.32 Å². The molecule has 5 heteroatoms. The van der Waals surface area contributed by atoms with E-state index in [1.165, 1.54) is 0 Å². The van der Waals surface area contributed by atoms with Gasteiger partial charge in [0.2, 0.25) is 0 Å². The monoisotopic (exact) mass is 266 g/mol. The maximum atomic E-state index is 11.7. The first kappa shape index (κ1) is 15.3. The number of rotatable bonds is 7. The lowest BCUT2D eigenvalue weighted by atomic mass is 10.2. The molecule has 1 aromatic rings. The molecule has 0 spiro atoms. The number of hydrogen-bond donors (Lipinski definition) is 2. The van der Waals surface area contributed by atoms with Crippen molar-refractivity contribution in [2.75, 3.05) is 32.2 Å². The van der Waals surface area contributed by atoms with E-state index in [1.807, 2.05) is 32.0 Å². The van der Waals surface area contributed by atoms with Gasteiger partial charge in [0, 0.05) is 13.2 Å². The van der Waals surface area contributed by atoms with Gasteiger partial charge in [-0.05, 0) is 25.0 Å². The van der Waals surface area contributed by atoms with Gasteiger partial charge < -0.3 is 20.1 Å². The zero-order valence-electron chi connectivity index (χ0n) is 11.8. The predicted octanol–water partition coefficient (Wildman–Crippen LogP) is 2.55. The molecule has 0 unspecified atom stereocenters. The number of benzene rings is 1. The first-order chi connectivity index (χ1) is 9.19. The first-order valence-corrected chi connectivity index (χ1v) is 6.45. The van der Waals surface area contributed by atoms with Gasteiger partial charge in [0.15, 0.2) is 0 Å².